The zero-order valence-corrected chi connectivity index (χ0v) is 25.6. The van der Waals surface area contributed by atoms with E-state index in [2.05, 4.69) is 0 Å². The molecule has 0 saturated carbocycles. The zero-order valence-electron chi connectivity index (χ0n) is 18.8. The Morgan fingerprint density at radius 3 is 2.27 bits per heavy atom. The van der Waals surface area contributed by atoms with Gasteiger partial charge in [-0.2, -0.15) is 0 Å². The van der Waals surface area contributed by atoms with Gasteiger partial charge in [-0.25, -0.2) is 4.57 Å². The minimum atomic E-state index is -3.80. The summed E-state index contributed by atoms with van der Waals surface area (Å²) in [6.07, 6.45) is 1.28. The van der Waals surface area contributed by atoms with E-state index in [1.54, 1.807) is 0 Å². The van der Waals surface area contributed by atoms with Gasteiger partial charge in [0.25, 0.3) is 0 Å². The van der Waals surface area contributed by atoms with Crippen LogP contribution in [0.25, 0.3) is 0 Å². The molecule has 0 aromatic carbocycles. The van der Waals surface area contributed by atoms with Crippen LogP contribution in [0.3, 0.4) is 0 Å². The standard InChI is InChI=1S/C19H36O8P.2W/c1-12(2)22-10-18-17(9-15(6)25-18)27-28(20,21-7)23-11-19-16(24-13(3)4)8-14(5)26-19;;/h9,12-19H,8,10-11H2,1-7H3;;/q-1;;/t14-,15-,16+,17+,18+,19+,28?;;/m0../s1. The average Bonchev–Trinajstić information content (AvgIpc) is 3.12. The van der Waals surface area contributed by atoms with Gasteiger partial charge in [0, 0.05) is 55.7 Å². The average molecular weight is 791 g/mol. The van der Waals surface area contributed by atoms with Gasteiger partial charge in [-0.05, 0) is 40.7 Å². The molecule has 2 aliphatic heterocycles. The maximum absolute atomic E-state index is 13.0. The predicted molar refractivity (Wildman–Crippen MR) is 104 cm³/mol. The van der Waals surface area contributed by atoms with Crippen LogP contribution in [-0.2, 0) is 79.2 Å². The first kappa shape index (κ1) is 31.3. The summed E-state index contributed by atoms with van der Waals surface area (Å²) in [7, 11) is -2.49. The van der Waals surface area contributed by atoms with Gasteiger partial charge in [-0.3, -0.25) is 15.5 Å². The van der Waals surface area contributed by atoms with Crippen molar-refractivity contribution in [2.75, 3.05) is 20.3 Å². The Kier molecular flexibility index (Phi) is 15.2. The van der Waals surface area contributed by atoms with E-state index in [0.717, 1.165) is 6.42 Å². The van der Waals surface area contributed by atoms with E-state index < -0.39 is 13.9 Å². The molecule has 178 valence electrons. The van der Waals surface area contributed by atoms with Gasteiger partial charge in [0.15, 0.2) is 0 Å². The van der Waals surface area contributed by atoms with Crippen LogP contribution in [-0.4, -0.2) is 69.2 Å². The van der Waals surface area contributed by atoms with Crippen LogP contribution in [0.2, 0.25) is 0 Å². The molecule has 0 aromatic heterocycles. The van der Waals surface area contributed by atoms with Crippen molar-refractivity contribution in [2.24, 2.45) is 0 Å². The first-order valence-electron chi connectivity index (χ1n) is 10.0. The molecule has 8 nitrogen and oxygen atoms in total. The number of hydrogen-bond acceptors (Lipinski definition) is 8. The van der Waals surface area contributed by atoms with Crippen molar-refractivity contribution in [2.45, 2.75) is 96.8 Å². The van der Waals surface area contributed by atoms with E-state index in [1.165, 1.54) is 7.11 Å². The smallest absolute Gasteiger partial charge is 0.405 e. The molecule has 2 rings (SSSR count). The Balaban J connectivity index is 0.00000420. The van der Waals surface area contributed by atoms with E-state index in [0.29, 0.717) is 6.61 Å². The molecule has 2 heterocycles. The molecule has 0 N–H and O–H groups in total. The minimum Gasteiger partial charge on any atom is -0.405 e. The van der Waals surface area contributed by atoms with E-state index in [4.69, 9.17) is 32.5 Å². The van der Waals surface area contributed by atoms with Gasteiger partial charge < -0.3 is 23.5 Å². The first-order valence-corrected chi connectivity index (χ1v) is 11.5. The summed E-state index contributed by atoms with van der Waals surface area (Å²) in [4.78, 5) is 0. The van der Waals surface area contributed by atoms with Crippen molar-refractivity contribution in [1.29, 1.82) is 0 Å². The van der Waals surface area contributed by atoms with Crippen molar-refractivity contribution in [3.05, 3.63) is 6.42 Å². The molecule has 0 bridgehead atoms. The fourth-order valence-corrected chi connectivity index (χ4v) is 4.40. The van der Waals surface area contributed by atoms with Crippen molar-refractivity contribution in [3.63, 3.8) is 0 Å². The Morgan fingerprint density at radius 1 is 1.03 bits per heavy atom. The fraction of sp³-hybridized carbons (Fsp3) is 0.947. The molecule has 11 heteroatoms. The molecule has 0 aliphatic carbocycles. The summed E-state index contributed by atoms with van der Waals surface area (Å²) in [6.45, 7) is 12.1. The zero-order chi connectivity index (χ0) is 20.9. The van der Waals surface area contributed by atoms with Crippen molar-refractivity contribution in [3.8, 4) is 0 Å². The first-order chi connectivity index (χ1) is 13.1. The molecule has 0 spiro atoms. The van der Waals surface area contributed by atoms with Gasteiger partial charge in [0.1, 0.15) is 6.10 Å². The van der Waals surface area contributed by atoms with Crippen LogP contribution in [0.15, 0.2) is 0 Å². The predicted octanol–water partition coefficient (Wildman–Crippen LogP) is 3.53. The third-order valence-electron chi connectivity index (χ3n) is 4.51. The van der Waals surface area contributed by atoms with Crippen LogP contribution >= 0.6 is 7.82 Å². The normalized spacial score (nSPS) is 33.4. The molecule has 30 heavy (non-hydrogen) atoms. The van der Waals surface area contributed by atoms with Crippen LogP contribution in [0.4, 0.5) is 0 Å². The van der Waals surface area contributed by atoms with Gasteiger partial charge in [0.2, 0.25) is 0 Å². The third kappa shape index (κ3) is 10.1. The van der Waals surface area contributed by atoms with E-state index in [1.807, 2.05) is 48.0 Å². The van der Waals surface area contributed by atoms with Gasteiger partial charge >= 0.3 is 7.82 Å². The number of phosphoric ester groups is 1. The van der Waals surface area contributed by atoms with Gasteiger partial charge in [-0.1, -0.05) is 13.0 Å². The summed E-state index contributed by atoms with van der Waals surface area (Å²) in [6, 6.07) is 0. The molecule has 7 atom stereocenters. The quantitative estimate of drug-likeness (QED) is 0.233. The monoisotopic (exact) mass is 791 g/mol. The SMILES string of the molecule is COP(=O)(OC[C@H]1O[C@@H](C)C[C@H]1OC(C)C)O[C@@H]1[CH-][C@H](C)O[C@@H]1COC(C)C.[W].[W]. The summed E-state index contributed by atoms with van der Waals surface area (Å²) in [5, 5.41) is 0. The Bertz CT molecular complexity index is 525. The van der Waals surface area contributed by atoms with Gasteiger partial charge in [-0.15, -0.1) is 0 Å². The summed E-state index contributed by atoms with van der Waals surface area (Å²) in [5.74, 6) is 0. The fourth-order valence-electron chi connectivity index (χ4n) is 3.31. The van der Waals surface area contributed by atoms with Crippen LogP contribution in [0.5, 0.6) is 0 Å². The van der Waals surface area contributed by atoms with Crippen molar-refractivity contribution >= 4 is 7.82 Å². The minimum absolute atomic E-state index is 0. The molecule has 0 amide bonds. The Morgan fingerprint density at radius 2 is 1.70 bits per heavy atom. The molecule has 2 aliphatic rings. The molecule has 2 fully saturated rings. The molecule has 2 saturated heterocycles. The Labute approximate surface area is 209 Å². The van der Waals surface area contributed by atoms with Crippen LogP contribution < -0.4 is 0 Å². The molecule has 0 radical (unpaired) electrons. The van der Waals surface area contributed by atoms with Crippen LogP contribution in [0, 0.1) is 6.42 Å². The number of rotatable bonds is 11. The molecular weight excluding hydrogens is 755 g/mol. The molecule has 1 unspecified atom stereocenters. The molecule has 0 aromatic rings. The summed E-state index contributed by atoms with van der Waals surface area (Å²) >= 11 is 0. The third-order valence-corrected chi connectivity index (χ3v) is 5.93. The second-order valence-electron chi connectivity index (χ2n) is 7.89. The van der Waals surface area contributed by atoms with E-state index in [-0.39, 0.29) is 91.5 Å². The maximum atomic E-state index is 13.0. The van der Waals surface area contributed by atoms with Crippen molar-refractivity contribution in [1.82, 2.24) is 0 Å². The van der Waals surface area contributed by atoms with E-state index >= 15 is 0 Å². The topological polar surface area (TPSA) is 81.7 Å². The number of ether oxygens (including phenoxy) is 4. The van der Waals surface area contributed by atoms with Gasteiger partial charge in [0.05, 0.1) is 43.7 Å². The summed E-state index contributed by atoms with van der Waals surface area (Å²) < 4.78 is 52.6. The van der Waals surface area contributed by atoms with Crippen LogP contribution in [0.1, 0.15) is 48.0 Å². The second kappa shape index (κ2) is 14.6. The largest absolute Gasteiger partial charge is 0.472 e. The van der Waals surface area contributed by atoms with E-state index in [9.17, 15) is 4.57 Å². The second-order valence-corrected chi connectivity index (χ2v) is 9.62. The number of phosphoric acid groups is 1. The Hall–Kier alpha value is 1.33. The number of hydrogen-bond donors (Lipinski definition) is 0. The maximum Gasteiger partial charge on any atom is 0.472 e. The molecular formula is C19H36O8PW2-. The summed E-state index contributed by atoms with van der Waals surface area (Å²) in [5.41, 5.74) is 0. The van der Waals surface area contributed by atoms with Crippen molar-refractivity contribution < 1.29 is 79.2 Å².